The fraction of sp³-hybridized carbons (Fsp3) is 0.0526. The molecule has 26 heavy (non-hydrogen) atoms. The highest BCUT2D eigenvalue weighted by atomic mass is 32.1. The Kier molecular flexibility index (Phi) is 4.28. The molecule has 1 N–H and O–H groups in total. The predicted molar refractivity (Wildman–Crippen MR) is 99.0 cm³/mol. The van der Waals surface area contributed by atoms with Crippen LogP contribution in [-0.2, 0) is 6.54 Å². The van der Waals surface area contributed by atoms with Gasteiger partial charge in [0.05, 0.1) is 17.9 Å². The van der Waals surface area contributed by atoms with E-state index in [4.69, 9.17) is 4.42 Å². The van der Waals surface area contributed by atoms with Crippen LogP contribution in [0.2, 0.25) is 0 Å². The maximum Gasteiger partial charge on any atom is 0.349 e. The second-order valence-corrected chi connectivity index (χ2v) is 6.31. The minimum Gasteiger partial charge on any atom is -0.422 e. The summed E-state index contributed by atoms with van der Waals surface area (Å²) >= 11 is 1.56. The fourth-order valence-corrected chi connectivity index (χ4v) is 3.26. The molecular formula is C19H13N3O3S. The third kappa shape index (κ3) is 3.12. The van der Waals surface area contributed by atoms with E-state index < -0.39 is 11.5 Å². The topological polar surface area (TPSA) is 85.1 Å². The van der Waals surface area contributed by atoms with E-state index in [1.165, 1.54) is 6.07 Å². The molecule has 0 atom stereocenters. The van der Waals surface area contributed by atoms with Crippen LogP contribution in [0.1, 0.15) is 16.1 Å². The first-order valence-electron chi connectivity index (χ1n) is 7.86. The van der Waals surface area contributed by atoms with Crippen molar-refractivity contribution in [2.45, 2.75) is 6.54 Å². The average molecular weight is 363 g/mol. The van der Waals surface area contributed by atoms with Gasteiger partial charge in [0.25, 0.3) is 5.91 Å². The minimum atomic E-state index is -0.668. The predicted octanol–water partition coefficient (Wildman–Crippen LogP) is 3.24. The van der Waals surface area contributed by atoms with Gasteiger partial charge in [0.2, 0.25) is 0 Å². The average Bonchev–Trinajstić information content (AvgIpc) is 3.20. The zero-order chi connectivity index (χ0) is 17.9. The number of benzene rings is 1. The third-order valence-electron chi connectivity index (χ3n) is 3.87. The van der Waals surface area contributed by atoms with E-state index in [9.17, 15) is 9.59 Å². The minimum absolute atomic E-state index is 0.0373. The van der Waals surface area contributed by atoms with Gasteiger partial charge in [-0.15, -0.1) is 0 Å². The van der Waals surface area contributed by atoms with Crippen molar-refractivity contribution in [3.8, 4) is 11.3 Å². The molecule has 6 nitrogen and oxygen atoms in total. The molecule has 0 fully saturated rings. The van der Waals surface area contributed by atoms with Crippen LogP contribution in [0.15, 0.2) is 68.8 Å². The van der Waals surface area contributed by atoms with Gasteiger partial charge in [-0.1, -0.05) is 18.2 Å². The van der Waals surface area contributed by atoms with Crippen LogP contribution in [0.5, 0.6) is 0 Å². The van der Waals surface area contributed by atoms with Gasteiger partial charge < -0.3 is 9.73 Å². The quantitative estimate of drug-likeness (QED) is 0.563. The lowest BCUT2D eigenvalue weighted by Gasteiger charge is -2.08. The molecule has 0 aliphatic rings. The standard InChI is InChI=1S/C19H13N3O3S/c23-18(14-9-12-3-1-2-4-16(12)25-19(14)24)22-10-15-17(21-7-6-20-15)13-5-8-26-11-13/h1-9,11H,10H2,(H,22,23). The number of hydrogen-bond donors (Lipinski definition) is 1. The molecule has 128 valence electrons. The molecule has 0 aliphatic heterocycles. The molecule has 1 aromatic carbocycles. The fourth-order valence-electron chi connectivity index (χ4n) is 2.62. The Bertz CT molecular complexity index is 1140. The lowest BCUT2D eigenvalue weighted by Crippen LogP contribution is -2.28. The summed E-state index contributed by atoms with van der Waals surface area (Å²) in [5, 5.41) is 7.33. The Hall–Kier alpha value is -3.32. The Labute approximate surface area is 152 Å². The van der Waals surface area contributed by atoms with E-state index in [1.807, 2.05) is 22.9 Å². The number of thiophene rings is 1. The molecule has 1 amide bonds. The van der Waals surface area contributed by atoms with Crippen LogP contribution in [0.4, 0.5) is 0 Å². The normalized spacial score (nSPS) is 10.8. The molecule has 0 unspecified atom stereocenters. The zero-order valence-corrected chi connectivity index (χ0v) is 14.3. The summed E-state index contributed by atoms with van der Waals surface area (Å²) in [6.07, 6.45) is 3.18. The lowest BCUT2D eigenvalue weighted by molar-refractivity contribution is 0.0947. The summed E-state index contributed by atoms with van der Waals surface area (Å²) in [6.45, 7) is 0.157. The zero-order valence-electron chi connectivity index (χ0n) is 13.5. The van der Waals surface area contributed by atoms with Crippen LogP contribution in [0.25, 0.3) is 22.2 Å². The van der Waals surface area contributed by atoms with Crippen LogP contribution in [0, 0.1) is 0 Å². The number of fused-ring (bicyclic) bond motifs is 1. The number of rotatable bonds is 4. The largest absolute Gasteiger partial charge is 0.422 e. The second-order valence-electron chi connectivity index (χ2n) is 5.53. The van der Waals surface area contributed by atoms with Gasteiger partial charge >= 0.3 is 5.63 Å². The lowest BCUT2D eigenvalue weighted by atomic mass is 10.1. The molecular weight excluding hydrogens is 350 g/mol. The highest BCUT2D eigenvalue weighted by molar-refractivity contribution is 7.08. The van der Waals surface area contributed by atoms with Crippen LogP contribution < -0.4 is 10.9 Å². The van der Waals surface area contributed by atoms with Gasteiger partial charge in [0.1, 0.15) is 11.1 Å². The van der Waals surface area contributed by atoms with Gasteiger partial charge in [-0.25, -0.2) is 4.79 Å². The first kappa shape index (κ1) is 16.2. The van der Waals surface area contributed by atoms with Gasteiger partial charge in [-0.3, -0.25) is 14.8 Å². The van der Waals surface area contributed by atoms with Gasteiger partial charge in [0, 0.05) is 28.7 Å². The molecule has 0 aliphatic carbocycles. The van der Waals surface area contributed by atoms with Crippen molar-refractivity contribution in [3.63, 3.8) is 0 Å². The second kappa shape index (κ2) is 6.89. The number of carbonyl (C=O) groups is 1. The molecule has 4 rings (SSSR count). The number of hydrogen-bond acceptors (Lipinski definition) is 6. The van der Waals surface area contributed by atoms with Crippen molar-refractivity contribution in [1.29, 1.82) is 0 Å². The van der Waals surface area contributed by atoms with E-state index in [1.54, 1.807) is 41.9 Å². The van der Waals surface area contributed by atoms with Crippen LogP contribution >= 0.6 is 11.3 Å². The van der Waals surface area contributed by atoms with Crippen LogP contribution in [-0.4, -0.2) is 15.9 Å². The molecule has 0 spiro atoms. The molecule has 0 radical (unpaired) electrons. The number of carbonyl (C=O) groups excluding carboxylic acids is 1. The van der Waals surface area contributed by atoms with Crippen molar-refractivity contribution >= 4 is 28.2 Å². The summed E-state index contributed by atoms with van der Waals surface area (Å²) in [4.78, 5) is 33.2. The monoisotopic (exact) mass is 363 g/mol. The van der Waals surface area contributed by atoms with E-state index in [2.05, 4.69) is 15.3 Å². The highest BCUT2D eigenvalue weighted by Crippen LogP contribution is 2.22. The first-order valence-corrected chi connectivity index (χ1v) is 8.80. The van der Waals surface area contributed by atoms with Gasteiger partial charge in [-0.05, 0) is 23.6 Å². The maximum absolute atomic E-state index is 12.5. The van der Waals surface area contributed by atoms with Crippen molar-refractivity contribution in [3.05, 3.63) is 81.2 Å². The smallest absolute Gasteiger partial charge is 0.349 e. The highest BCUT2D eigenvalue weighted by Gasteiger charge is 2.15. The molecule has 4 aromatic rings. The Morgan fingerprint density at radius 2 is 2.00 bits per heavy atom. The molecule has 7 heteroatoms. The van der Waals surface area contributed by atoms with E-state index in [-0.39, 0.29) is 12.1 Å². The number of para-hydroxylation sites is 1. The van der Waals surface area contributed by atoms with Crippen LogP contribution in [0.3, 0.4) is 0 Å². The summed E-state index contributed by atoms with van der Waals surface area (Å²) in [5.74, 6) is -0.508. The first-order chi connectivity index (χ1) is 12.7. The summed E-state index contributed by atoms with van der Waals surface area (Å²) in [6, 6.07) is 10.5. The van der Waals surface area contributed by atoms with Crippen molar-refractivity contribution in [2.24, 2.45) is 0 Å². The Morgan fingerprint density at radius 3 is 2.85 bits per heavy atom. The van der Waals surface area contributed by atoms with E-state index in [0.717, 1.165) is 5.56 Å². The molecule has 0 saturated carbocycles. The van der Waals surface area contributed by atoms with E-state index >= 15 is 0 Å². The molecule has 0 bridgehead atoms. The molecule has 0 saturated heterocycles. The number of nitrogens with zero attached hydrogens (tertiary/aromatic N) is 2. The van der Waals surface area contributed by atoms with Crippen molar-refractivity contribution < 1.29 is 9.21 Å². The van der Waals surface area contributed by atoms with Gasteiger partial charge in [0.15, 0.2) is 0 Å². The Morgan fingerprint density at radius 1 is 1.15 bits per heavy atom. The summed E-state index contributed by atoms with van der Waals surface area (Å²) in [5.41, 5.74) is 2.02. The summed E-state index contributed by atoms with van der Waals surface area (Å²) in [7, 11) is 0. The third-order valence-corrected chi connectivity index (χ3v) is 4.55. The van der Waals surface area contributed by atoms with Crippen molar-refractivity contribution in [1.82, 2.24) is 15.3 Å². The SMILES string of the molecule is O=C(NCc1nccnc1-c1ccsc1)c1cc2ccccc2oc1=O. The van der Waals surface area contributed by atoms with E-state index in [0.29, 0.717) is 22.4 Å². The number of amides is 1. The summed E-state index contributed by atoms with van der Waals surface area (Å²) < 4.78 is 5.21. The number of aromatic nitrogens is 2. The Balaban J connectivity index is 1.59. The van der Waals surface area contributed by atoms with Gasteiger partial charge in [-0.2, -0.15) is 11.3 Å². The van der Waals surface area contributed by atoms with Crippen molar-refractivity contribution in [2.75, 3.05) is 0 Å². The molecule has 3 aromatic heterocycles. The molecule has 3 heterocycles. The number of nitrogens with one attached hydrogen (secondary N) is 1. The maximum atomic E-state index is 12.5.